The number of aryl methyl sites for hydroxylation is 1. The number of anilines is 1. The zero-order valence-corrected chi connectivity index (χ0v) is 11.5. The lowest BCUT2D eigenvalue weighted by atomic mass is 10.1. The molecule has 3 nitrogen and oxygen atoms in total. The van der Waals surface area contributed by atoms with E-state index in [0.29, 0.717) is 12.4 Å². The summed E-state index contributed by atoms with van der Waals surface area (Å²) in [5.41, 5.74) is 7.25. The molecule has 0 aliphatic carbocycles. The van der Waals surface area contributed by atoms with Gasteiger partial charge in [0, 0.05) is 5.69 Å². The van der Waals surface area contributed by atoms with E-state index in [-0.39, 0.29) is 0 Å². The highest BCUT2D eigenvalue weighted by molar-refractivity contribution is 5.41. The summed E-state index contributed by atoms with van der Waals surface area (Å²) in [7, 11) is 0. The van der Waals surface area contributed by atoms with Crippen molar-refractivity contribution < 1.29 is 9.84 Å². The molecule has 0 bridgehead atoms. The van der Waals surface area contributed by atoms with Crippen molar-refractivity contribution in [3.8, 4) is 11.5 Å². The third-order valence-electron chi connectivity index (χ3n) is 2.56. The van der Waals surface area contributed by atoms with Crippen LogP contribution in [0.15, 0.2) is 48.5 Å². The molecule has 0 saturated heterocycles. The Hall–Kier alpha value is -2.16. The second kappa shape index (κ2) is 8.03. The Morgan fingerprint density at radius 1 is 1.00 bits per heavy atom. The number of phenols is 1. The van der Waals surface area contributed by atoms with Crippen LogP contribution in [0, 0.1) is 0 Å². The quantitative estimate of drug-likeness (QED) is 0.828. The molecular weight excluding hydrogens is 238 g/mol. The van der Waals surface area contributed by atoms with Gasteiger partial charge < -0.3 is 15.6 Å². The van der Waals surface area contributed by atoms with E-state index in [0.717, 1.165) is 23.4 Å². The summed E-state index contributed by atoms with van der Waals surface area (Å²) in [6, 6.07) is 14.8. The molecule has 0 fully saturated rings. The minimum Gasteiger partial charge on any atom is -0.508 e. The van der Waals surface area contributed by atoms with E-state index in [4.69, 9.17) is 15.6 Å². The summed E-state index contributed by atoms with van der Waals surface area (Å²) in [5.74, 6) is 1.27. The van der Waals surface area contributed by atoms with Crippen LogP contribution in [-0.4, -0.2) is 11.7 Å². The fourth-order valence-corrected chi connectivity index (χ4v) is 1.54. The van der Waals surface area contributed by atoms with Gasteiger partial charge in [0.2, 0.25) is 0 Å². The van der Waals surface area contributed by atoms with Crippen molar-refractivity contribution in [1.29, 1.82) is 0 Å². The molecule has 2 rings (SSSR count). The third-order valence-corrected chi connectivity index (χ3v) is 2.56. The van der Waals surface area contributed by atoms with Crippen LogP contribution >= 0.6 is 0 Å². The predicted molar refractivity (Wildman–Crippen MR) is 79.5 cm³/mol. The summed E-state index contributed by atoms with van der Waals surface area (Å²) in [6.07, 6.45) is 0.896. The highest BCUT2D eigenvalue weighted by Crippen LogP contribution is 2.15. The van der Waals surface area contributed by atoms with E-state index in [1.165, 1.54) is 0 Å². The Kier molecular flexibility index (Phi) is 6.30. The fourth-order valence-electron chi connectivity index (χ4n) is 1.54. The Labute approximate surface area is 114 Å². The number of nitrogen functional groups attached to an aromatic ring is 1. The molecule has 2 aromatic carbocycles. The largest absolute Gasteiger partial charge is 0.508 e. The summed E-state index contributed by atoms with van der Waals surface area (Å²) < 4.78 is 5.21. The number of phenolic OH excluding ortho intramolecular Hbond substituents is 1. The maximum Gasteiger partial charge on any atom is 0.119 e. The number of rotatable bonds is 3. The maximum atomic E-state index is 9.11. The first-order chi connectivity index (χ1) is 9.17. The molecule has 0 saturated carbocycles. The first-order valence-corrected chi connectivity index (χ1v) is 6.42. The zero-order valence-electron chi connectivity index (χ0n) is 11.5. The average molecular weight is 259 g/mol. The first kappa shape index (κ1) is 14.9. The van der Waals surface area contributed by atoms with Crippen molar-refractivity contribution in [2.45, 2.75) is 20.3 Å². The molecule has 3 heteroatoms. The molecule has 0 atom stereocenters. The van der Waals surface area contributed by atoms with Crippen molar-refractivity contribution in [2.75, 3.05) is 12.3 Å². The van der Waals surface area contributed by atoms with Crippen molar-refractivity contribution >= 4 is 5.69 Å². The third kappa shape index (κ3) is 5.34. The van der Waals surface area contributed by atoms with Gasteiger partial charge in [-0.3, -0.25) is 0 Å². The number of para-hydroxylation sites is 1. The van der Waals surface area contributed by atoms with Crippen LogP contribution < -0.4 is 10.5 Å². The summed E-state index contributed by atoms with van der Waals surface area (Å²) in [5, 5.41) is 9.11. The monoisotopic (exact) mass is 259 g/mol. The molecule has 0 unspecified atom stereocenters. The van der Waals surface area contributed by atoms with Crippen LogP contribution in [0.4, 0.5) is 5.69 Å². The molecule has 2 aromatic rings. The highest BCUT2D eigenvalue weighted by atomic mass is 16.5. The molecule has 3 N–H and O–H groups in total. The van der Waals surface area contributed by atoms with Crippen LogP contribution in [0.5, 0.6) is 11.5 Å². The van der Waals surface area contributed by atoms with Gasteiger partial charge in [-0.2, -0.15) is 0 Å². The smallest absolute Gasteiger partial charge is 0.119 e. The molecule has 0 amide bonds. The highest BCUT2D eigenvalue weighted by Gasteiger charge is 1.92. The standard InChI is InChI=1S/C8H11NO.C8H10O/c1-2-10-8-5-3-7(9)4-6-8;1-2-7-5-3-4-6-8(7)9/h3-6H,2,9H2,1H3;3-6,9H,2H2,1H3. The fraction of sp³-hybridized carbons (Fsp3) is 0.250. The van der Waals surface area contributed by atoms with Crippen LogP contribution in [0.2, 0.25) is 0 Å². The minimum atomic E-state index is 0.403. The number of hydrogen-bond acceptors (Lipinski definition) is 3. The SMILES string of the molecule is CCOc1ccc(N)cc1.CCc1ccccc1O. The maximum absolute atomic E-state index is 9.11. The normalized spacial score (nSPS) is 9.37. The molecule has 0 aliphatic heterocycles. The predicted octanol–water partition coefficient (Wildman–Crippen LogP) is 3.62. The second-order valence-corrected chi connectivity index (χ2v) is 3.98. The van der Waals surface area contributed by atoms with Gasteiger partial charge in [0.1, 0.15) is 11.5 Å². The molecule has 0 aliphatic rings. The Morgan fingerprint density at radius 2 is 1.63 bits per heavy atom. The first-order valence-electron chi connectivity index (χ1n) is 6.42. The van der Waals surface area contributed by atoms with Crippen molar-refractivity contribution in [3.63, 3.8) is 0 Å². The zero-order chi connectivity index (χ0) is 14.1. The number of benzene rings is 2. The summed E-state index contributed by atoms with van der Waals surface area (Å²) in [4.78, 5) is 0. The average Bonchev–Trinajstić information content (AvgIpc) is 2.43. The van der Waals surface area contributed by atoms with E-state index in [1.54, 1.807) is 6.07 Å². The van der Waals surface area contributed by atoms with Gasteiger partial charge in [0.25, 0.3) is 0 Å². The van der Waals surface area contributed by atoms with Gasteiger partial charge in [-0.1, -0.05) is 25.1 Å². The van der Waals surface area contributed by atoms with Gasteiger partial charge in [-0.25, -0.2) is 0 Å². The van der Waals surface area contributed by atoms with E-state index < -0.39 is 0 Å². The lowest BCUT2D eigenvalue weighted by molar-refractivity contribution is 0.340. The number of nitrogens with two attached hydrogens (primary N) is 1. The molecule has 0 spiro atoms. The van der Waals surface area contributed by atoms with Crippen molar-refractivity contribution in [3.05, 3.63) is 54.1 Å². The lowest BCUT2D eigenvalue weighted by Gasteiger charge is -2.01. The number of ether oxygens (including phenoxy) is 1. The van der Waals surface area contributed by atoms with E-state index in [2.05, 4.69) is 0 Å². The van der Waals surface area contributed by atoms with E-state index >= 15 is 0 Å². The summed E-state index contributed by atoms with van der Waals surface area (Å²) >= 11 is 0. The second-order valence-electron chi connectivity index (χ2n) is 3.98. The minimum absolute atomic E-state index is 0.403. The Morgan fingerprint density at radius 3 is 2.11 bits per heavy atom. The molecular formula is C16H21NO2. The Bertz CT molecular complexity index is 480. The van der Waals surface area contributed by atoms with E-state index in [1.807, 2.05) is 56.3 Å². The van der Waals surface area contributed by atoms with Gasteiger partial charge in [-0.15, -0.1) is 0 Å². The van der Waals surface area contributed by atoms with E-state index in [9.17, 15) is 0 Å². The Balaban J connectivity index is 0.000000191. The van der Waals surface area contributed by atoms with Crippen LogP contribution in [0.25, 0.3) is 0 Å². The molecule has 19 heavy (non-hydrogen) atoms. The topological polar surface area (TPSA) is 55.5 Å². The molecule has 0 aromatic heterocycles. The summed E-state index contributed by atoms with van der Waals surface area (Å²) in [6.45, 7) is 4.68. The lowest BCUT2D eigenvalue weighted by Crippen LogP contribution is -1.91. The van der Waals surface area contributed by atoms with Crippen molar-refractivity contribution in [2.24, 2.45) is 0 Å². The molecule has 102 valence electrons. The number of hydrogen-bond donors (Lipinski definition) is 2. The van der Waals surface area contributed by atoms with Crippen LogP contribution in [-0.2, 0) is 6.42 Å². The van der Waals surface area contributed by atoms with Crippen LogP contribution in [0.3, 0.4) is 0 Å². The van der Waals surface area contributed by atoms with Gasteiger partial charge in [-0.05, 0) is 49.2 Å². The van der Waals surface area contributed by atoms with Crippen LogP contribution in [0.1, 0.15) is 19.4 Å². The van der Waals surface area contributed by atoms with Gasteiger partial charge in [0.15, 0.2) is 0 Å². The van der Waals surface area contributed by atoms with Gasteiger partial charge >= 0.3 is 0 Å². The molecule has 0 radical (unpaired) electrons. The number of aromatic hydroxyl groups is 1. The van der Waals surface area contributed by atoms with Crippen molar-refractivity contribution in [1.82, 2.24) is 0 Å². The van der Waals surface area contributed by atoms with Gasteiger partial charge in [0.05, 0.1) is 6.61 Å². The molecule has 0 heterocycles.